The first-order chi connectivity index (χ1) is 8.79. The highest BCUT2D eigenvalue weighted by Gasteiger charge is 2.00. The number of ketones is 1. The van der Waals surface area contributed by atoms with E-state index in [0.29, 0.717) is 12.2 Å². The molecule has 0 bridgehead atoms. The van der Waals surface area contributed by atoms with Gasteiger partial charge in [-0.25, -0.2) is 0 Å². The molecule has 2 aromatic carbocycles. The highest BCUT2D eigenvalue weighted by molar-refractivity contribution is 7.99. The molecule has 2 heteroatoms. The number of hydrogen-bond donors (Lipinski definition) is 0. The van der Waals surface area contributed by atoms with Gasteiger partial charge in [-0.1, -0.05) is 37.3 Å². The Kier molecular flexibility index (Phi) is 4.82. The quantitative estimate of drug-likeness (QED) is 0.552. The molecule has 0 fully saturated rings. The molecule has 0 atom stereocenters. The van der Waals surface area contributed by atoms with Crippen LogP contribution < -0.4 is 0 Å². The maximum Gasteiger partial charge on any atom is 0.132 e. The Labute approximate surface area is 113 Å². The van der Waals surface area contributed by atoms with Gasteiger partial charge in [0.1, 0.15) is 5.78 Å². The van der Waals surface area contributed by atoms with Crippen LogP contribution in [0.2, 0.25) is 0 Å². The average Bonchev–Trinajstić information content (AvgIpc) is 2.43. The lowest BCUT2D eigenvalue weighted by Crippen LogP contribution is -1.95. The summed E-state index contributed by atoms with van der Waals surface area (Å²) >= 11 is 1.84. The summed E-state index contributed by atoms with van der Waals surface area (Å²) in [5.41, 5.74) is 0. The summed E-state index contributed by atoms with van der Waals surface area (Å²) in [4.78, 5) is 12.5. The lowest BCUT2D eigenvalue weighted by molar-refractivity contribution is -0.118. The summed E-state index contributed by atoms with van der Waals surface area (Å²) in [6.07, 6.45) is 2.36. The Balaban J connectivity index is 1.90. The largest absolute Gasteiger partial charge is 0.300 e. The number of hydrogen-bond acceptors (Lipinski definition) is 2. The minimum atomic E-state index is 0.370. The number of thioether (sulfide) groups is 1. The van der Waals surface area contributed by atoms with Crippen LogP contribution in [-0.2, 0) is 4.79 Å². The van der Waals surface area contributed by atoms with E-state index in [1.807, 2.05) is 18.7 Å². The van der Waals surface area contributed by atoms with Crippen molar-refractivity contribution in [3.8, 4) is 0 Å². The fraction of sp³-hybridized carbons (Fsp3) is 0.312. The van der Waals surface area contributed by atoms with Gasteiger partial charge in [0, 0.05) is 17.7 Å². The van der Waals surface area contributed by atoms with Crippen molar-refractivity contribution < 1.29 is 4.79 Å². The van der Waals surface area contributed by atoms with Crippen molar-refractivity contribution in [3.63, 3.8) is 0 Å². The van der Waals surface area contributed by atoms with Gasteiger partial charge in [-0.2, -0.15) is 0 Å². The lowest BCUT2D eigenvalue weighted by Gasteiger charge is -2.03. The maximum absolute atomic E-state index is 11.2. The summed E-state index contributed by atoms with van der Waals surface area (Å²) in [6.45, 7) is 1.93. The molecule has 0 heterocycles. The monoisotopic (exact) mass is 258 g/mol. The molecule has 94 valence electrons. The van der Waals surface area contributed by atoms with Crippen LogP contribution in [0.3, 0.4) is 0 Å². The van der Waals surface area contributed by atoms with Gasteiger partial charge in [0.05, 0.1) is 0 Å². The molecule has 0 N–H and O–H groups in total. The minimum absolute atomic E-state index is 0.370. The van der Waals surface area contributed by atoms with Crippen molar-refractivity contribution >= 4 is 28.3 Å². The number of fused-ring (bicyclic) bond motifs is 1. The molecule has 0 unspecified atom stereocenters. The van der Waals surface area contributed by atoms with E-state index < -0.39 is 0 Å². The lowest BCUT2D eigenvalue weighted by atomic mass is 10.1. The highest BCUT2D eigenvalue weighted by Crippen LogP contribution is 2.24. The van der Waals surface area contributed by atoms with Gasteiger partial charge < -0.3 is 0 Å². The first-order valence-corrected chi connectivity index (χ1v) is 7.41. The summed E-state index contributed by atoms with van der Waals surface area (Å²) in [5.74, 6) is 1.39. The molecule has 0 amide bonds. The number of rotatable bonds is 6. The van der Waals surface area contributed by atoms with Crippen LogP contribution >= 0.6 is 11.8 Å². The summed E-state index contributed by atoms with van der Waals surface area (Å²) in [6, 6.07) is 14.9. The van der Waals surface area contributed by atoms with Crippen LogP contribution in [0.25, 0.3) is 10.8 Å². The number of carbonyl (C=O) groups excluding carboxylic acids is 1. The molecular formula is C16H18OS. The molecule has 2 aromatic rings. The Morgan fingerprint density at radius 2 is 1.89 bits per heavy atom. The molecule has 0 aliphatic carbocycles. The highest BCUT2D eigenvalue weighted by atomic mass is 32.2. The zero-order chi connectivity index (χ0) is 12.8. The van der Waals surface area contributed by atoms with Crippen LogP contribution in [-0.4, -0.2) is 11.5 Å². The maximum atomic E-state index is 11.2. The molecular weight excluding hydrogens is 240 g/mol. The smallest absolute Gasteiger partial charge is 0.132 e. The third kappa shape index (κ3) is 3.61. The molecule has 0 aliphatic heterocycles. The predicted molar refractivity (Wildman–Crippen MR) is 79.2 cm³/mol. The van der Waals surface area contributed by atoms with Crippen molar-refractivity contribution in [2.75, 3.05) is 5.75 Å². The molecule has 0 aromatic heterocycles. The molecule has 0 aliphatic rings. The van der Waals surface area contributed by atoms with Crippen LogP contribution in [0, 0.1) is 0 Å². The molecule has 0 radical (unpaired) electrons. The molecule has 0 spiro atoms. The topological polar surface area (TPSA) is 17.1 Å². The Morgan fingerprint density at radius 1 is 1.11 bits per heavy atom. The first-order valence-electron chi connectivity index (χ1n) is 6.43. The molecule has 1 nitrogen and oxygen atoms in total. The summed E-state index contributed by atoms with van der Waals surface area (Å²) in [5, 5.41) is 2.56. The van der Waals surface area contributed by atoms with Gasteiger partial charge in [-0.3, -0.25) is 4.79 Å². The van der Waals surface area contributed by atoms with Crippen molar-refractivity contribution in [2.24, 2.45) is 0 Å². The molecule has 0 saturated heterocycles. The second-order valence-electron chi connectivity index (χ2n) is 4.35. The van der Waals surface area contributed by atoms with Gasteiger partial charge in [0.2, 0.25) is 0 Å². The minimum Gasteiger partial charge on any atom is -0.300 e. The summed E-state index contributed by atoms with van der Waals surface area (Å²) < 4.78 is 0. The van der Waals surface area contributed by atoms with E-state index in [-0.39, 0.29) is 0 Å². The van der Waals surface area contributed by atoms with E-state index in [1.54, 1.807) is 0 Å². The van der Waals surface area contributed by atoms with E-state index in [4.69, 9.17) is 0 Å². The standard InChI is InChI=1S/C16H18OS/c1-2-15(17)8-5-11-18-16-10-9-13-6-3-4-7-14(13)12-16/h3-4,6-7,9-10,12H,2,5,8,11H2,1H3. The van der Waals surface area contributed by atoms with Crippen LogP contribution in [0.4, 0.5) is 0 Å². The fourth-order valence-corrected chi connectivity index (χ4v) is 2.79. The van der Waals surface area contributed by atoms with Gasteiger partial charge in [0.25, 0.3) is 0 Å². The third-order valence-electron chi connectivity index (χ3n) is 2.98. The number of carbonyl (C=O) groups is 1. The third-order valence-corrected chi connectivity index (χ3v) is 4.06. The fourth-order valence-electron chi connectivity index (χ4n) is 1.89. The first kappa shape index (κ1) is 13.2. The molecule has 0 saturated carbocycles. The van der Waals surface area contributed by atoms with Crippen molar-refractivity contribution in [1.82, 2.24) is 0 Å². The average molecular weight is 258 g/mol. The normalized spacial score (nSPS) is 10.7. The Hall–Kier alpha value is -1.28. The zero-order valence-corrected chi connectivity index (χ0v) is 11.5. The zero-order valence-electron chi connectivity index (χ0n) is 10.7. The van der Waals surface area contributed by atoms with E-state index in [0.717, 1.165) is 18.6 Å². The van der Waals surface area contributed by atoms with Gasteiger partial charge >= 0.3 is 0 Å². The van der Waals surface area contributed by atoms with Gasteiger partial charge in [0.15, 0.2) is 0 Å². The SMILES string of the molecule is CCC(=O)CCCSc1ccc2ccccc2c1. The van der Waals surface area contributed by atoms with Crippen LogP contribution in [0.15, 0.2) is 47.4 Å². The van der Waals surface area contributed by atoms with Crippen molar-refractivity contribution in [2.45, 2.75) is 31.1 Å². The van der Waals surface area contributed by atoms with Gasteiger partial charge in [-0.15, -0.1) is 11.8 Å². The molecule has 2 rings (SSSR count). The van der Waals surface area contributed by atoms with Crippen molar-refractivity contribution in [1.29, 1.82) is 0 Å². The molecule has 18 heavy (non-hydrogen) atoms. The Bertz CT molecular complexity index is 533. The second kappa shape index (κ2) is 6.60. The van der Waals surface area contributed by atoms with E-state index >= 15 is 0 Å². The number of Topliss-reactive ketones (excluding diaryl/α,β-unsaturated/α-hetero) is 1. The van der Waals surface area contributed by atoms with E-state index in [9.17, 15) is 4.79 Å². The van der Waals surface area contributed by atoms with Gasteiger partial charge in [-0.05, 0) is 35.1 Å². The van der Waals surface area contributed by atoms with E-state index in [2.05, 4.69) is 42.5 Å². The van der Waals surface area contributed by atoms with Crippen molar-refractivity contribution in [3.05, 3.63) is 42.5 Å². The van der Waals surface area contributed by atoms with E-state index in [1.165, 1.54) is 15.7 Å². The van der Waals surface area contributed by atoms with Crippen LogP contribution in [0.5, 0.6) is 0 Å². The predicted octanol–water partition coefficient (Wildman–Crippen LogP) is 4.69. The summed E-state index contributed by atoms with van der Waals surface area (Å²) in [7, 11) is 0. The van der Waals surface area contributed by atoms with Crippen LogP contribution in [0.1, 0.15) is 26.2 Å². The number of benzene rings is 2. The second-order valence-corrected chi connectivity index (χ2v) is 5.52. The Morgan fingerprint density at radius 3 is 2.67 bits per heavy atom.